The monoisotopic (exact) mass is 396 g/mol. The molecular formula is C25H32O4. The Hall–Kier alpha value is -2.10. The quantitative estimate of drug-likeness (QED) is 0.623. The van der Waals surface area contributed by atoms with Crippen molar-refractivity contribution >= 4 is 11.9 Å². The van der Waals surface area contributed by atoms with Gasteiger partial charge in [0.05, 0.1) is 11.8 Å². The van der Waals surface area contributed by atoms with Gasteiger partial charge < -0.3 is 9.47 Å². The minimum atomic E-state index is -0.633. The number of allylic oxidation sites excluding steroid dienone is 4. The number of carbonyl (C=O) groups excluding carboxylic acids is 2. The van der Waals surface area contributed by atoms with E-state index in [4.69, 9.17) is 9.47 Å². The molecule has 4 nitrogen and oxygen atoms in total. The predicted molar refractivity (Wildman–Crippen MR) is 112 cm³/mol. The van der Waals surface area contributed by atoms with E-state index in [-0.39, 0.29) is 35.6 Å². The minimum absolute atomic E-state index is 0.231. The molecule has 4 heteroatoms. The Morgan fingerprint density at radius 1 is 0.828 bits per heavy atom. The van der Waals surface area contributed by atoms with Crippen LogP contribution in [0, 0.1) is 23.7 Å². The van der Waals surface area contributed by atoms with E-state index in [9.17, 15) is 9.59 Å². The van der Waals surface area contributed by atoms with Crippen molar-refractivity contribution in [2.45, 2.75) is 71.0 Å². The van der Waals surface area contributed by atoms with Gasteiger partial charge in [0.25, 0.3) is 0 Å². The average molecular weight is 397 g/mol. The van der Waals surface area contributed by atoms with Crippen LogP contribution in [0.2, 0.25) is 0 Å². The van der Waals surface area contributed by atoms with E-state index in [2.05, 4.69) is 0 Å². The van der Waals surface area contributed by atoms with Crippen molar-refractivity contribution < 1.29 is 19.1 Å². The molecule has 0 spiro atoms. The highest BCUT2D eigenvalue weighted by atomic mass is 16.6. The number of hydrogen-bond acceptors (Lipinski definition) is 4. The molecule has 0 aliphatic heterocycles. The topological polar surface area (TPSA) is 52.6 Å². The Bertz CT molecular complexity index is 764. The highest BCUT2D eigenvalue weighted by Crippen LogP contribution is 2.54. The Labute approximate surface area is 173 Å². The molecule has 2 saturated carbocycles. The van der Waals surface area contributed by atoms with Crippen LogP contribution in [-0.2, 0) is 19.1 Å². The lowest BCUT2D eigenvalue weighted by Gasteiger charge is -2.35. The summed E-state index contributed by atoms with van der Waals surface area (Å²) in [4.78, 5) is 26.5. The maximum atomic E-state index is 13.2. The summed E-state index contributed by atoms with van der Waals surface area (Å²) in [6.07, 6.45) is 16.4. The van der Waals surface area contributed by atoms with Crippen LogP contribution < -0.4 is 0 Å². The van der Waals surface area contributed by atoms with E-state index in [0.29, 0.717) is 12.8 Å². The van der Waals surface area contributed by atoms with Gasteiger partial charge in [0.15, 0.2) is 0 Å². The molecular weight excluding hydrogens is 364 g/mol. The molecule has 29 heavy (non-hydrogen) atoms. The second-order valence-electron chi connectivity index (χ2n) is 9.84. The van der Waals surface area contributed by atoms with Gasteiger partial charge in [-0.2, -0.15) is 0 Å². The highest BCUT2D eigenvalue weighted by molar-refractivity contribution is 5.84. The summed E-state index contributed by atoms with van der Waals surface area (Å²) in [5.74, 6) is -0.776. The molecule has 4 rings (SSSR count). The molecule has 0 aromatic heterocycles. The van der Waals surface area contributed by atoms with Crippen LogP contribution in [0.25, 0.3) is 0 Å². The molecule has 0 saturated heterocycles. The summed E-state index contributed by atoms with van der Waals surface area (Å²) in [7, 11) is 0. The number of ether oxygens (including phenoxy) is 2. The molecule has 2 fully saturated rings. The zero-order valence-corrected chi connectivity index (χ0v) is 17.9. The second kappa shape index (κ2) is 7.30. The van der Waals surface area contributed by atoms with Crippen LogP contribution in [0.4, 0.5) is 0 Å². The SMILES string of the molecule is CC1=CC(C)(OC(=O)C2C3CCC(C3)C2C(=O)OC2(C)C=C(C)C=CC2)CC=C1. The predicted octanol–water partition coefficient (Wildman–Crippen LogP) is 5.06. The van der Waals surface area contributed by atoms with Crippen molar-refractivity contribution in [1.82, 2.24) is 0 Å². The minimum Gasteiger partial charge on any atom is -0.455 e. The van der Waals surface area contributed by atoms with Gasteiger partial charge in [-0.05, 0) is 70.9 Å². The Morgan fingerprint density at radius 2 is 1.24 bits per heavy atom. The first-order valence-corrected chi connectivity index (χ1v) is 10.9. The number of hydrogen-bond donors (Lipinski definition) is 0. The van der Waals surface area contributed by atoms with Crippen LogP contribution in [0.3, 0.4) is 0 Å². The van der Waals surface area contributed by atoms with Crippen LogP contribution >= 0.6 is 0 Å². The molecule has 0 radical (unpaired) electrons. The van der Waals surface area contributed by atoms with Crippen LogP contribution in [0.15, 0.2) is 47.6 Å². The fourth-order valence-corrected chi connectivity index (χ4v) is 5.84. The molecule has 4 aliphatic carbocycles. The summed E-state index contributed by atoms with van der Waals surface area (Å²) < 4.78 is 12.0. The lowest BCUT2D eigenvalue weighted by atomic mass is 9.78. The molecule has 2 bridgehead atoms. The second-order valence-corrected chi connectivity index (χ2v) is 9.84. The normalized spacial score (nSPS) is 40.4. The third kappa shape index (κ3) is 3.99. The summed E-state index contributed by atoms with van der Waals surface area (Å²) in [6, 6.07) is 0. The smallest absolute Gasteiger partial charge is 0.310 e. The van der Waals surface area contributed by atoms with E-state index in [0.717, 1.165) is 30.4 Å². The number of esters is 2. The van der Waals surface area contributed by atoms with E-state index < -0.39 is 11.2 Å². The Morgan fingerprint density at radius 3 is 1.62 bits per heavy atom. The third-order valence-corrected chi connectivity index (χ3v) is 7.00. The fraction of sp³-hybridized carbons (Fsp3) is 0.600. The maximum absolute atomic E-state index is 13.2. The fourth-order valence-electron chi connectivity index (χ4n) is 5.84. The zero-order valence-electron chi connectivity index (χ0n) is 17.9. The molecule has 6 atom stereocenters. The van der Waals surface area contributed by atoms with Crippen molar-refractivity contribution in [2.75, 3.05) is 0 Å². The summed E-state index contributed by atoms with van der Waals surface area (Å²) in [5.41, 5.74) is 0.921. The molecule has 0 amide bonds. The van der Waals surface area contributed by atoms with Gasteiger partial charge in [-0.25, -0.2) is 0 Å². The van der Waals surface area contributed by atoms with Gasteiger partial charge in [0.2, 0.25) is 0 Å². The van der Waals surface area contributed by atoms with Crippen molar-refractivity contribution in [3.05, 3.63) is 47.6 Å². The van der Waals surface area contributed by atoms with Gasteiger partial charge in [-0.1, -0.05) is 35.5 Å². The van der Waals surface area contributed by atoms with E-state index in [1.807, 2.05) is 64.2 Å². The molecule has 0 aromatic rings. The molecule has 0 heterocycles. The van der Waals surface area contributed by atoms with Crippen molar-refractivity contribution in [2.24, 2.45) is 23.7 Å². The lowest BCUT2D eigenvalue weighted by Crippen LogP contribution is -2.43. The van der Waals surface area contributed by atoms with Crippen LogP contribution in [-0.4, -0.2) is 23.1 Å². The molecule has 0 aromatic carbocycles. The zero-order chi connectivity index (χ0) is 20.8. The van der Waals surface area contributed by atoms with Crippen LogP contribution in [0.1, 0.15) is 59.8 Å². The summed E-state index contributed by atoms with van der Waals surface area (Å²) in [5, 5.41) is 0. The first-order chi connectivity index (χ1) is 13.7. The first-order valence-electron chi connectivity index (χ1n) is 10.9. The number of rotatable bonds is 4. The molecule has 0 N–H and O–H groups in total. The number of carbonyl (C=O) groups is 2. The van der Waals surface area contributed by atoms with Crippen molar-refractivity contribution in [3.8, 4) is 0 Å². The van der Waals surface area contributed by atoms with Gasteiger partial charge in [-0.15, -0.1) is 0 Å². The van der Waals surface area contributed by atoms with Gasteiger partial charge >= 0.3 is 11.9 Å². The van der Waals surface area contributed by atoms with E-state index >= 15 is 0 Å². The Kier molecular flexibility index (Phi) is 5.08. The first kappa shape index (κ1) is 20.2. The van der Waals surface area contributed by atoms with Gasteiger partial charge in [-0.3, -0.25) is 9.59 Å². The standard InChI is InChI=1S/C25H32O4/c1-16-7-5-11-24(3,14-16)28-22(26)20-18-9-10-19(13-18)21(20)23(27)29-25(4)12-6-8-17(2)15-25/h5-8,14-15,18-21H,9-13H2,1-4H3. The molecule has 156 valence electrons. The Balaban J connectivity index is 1.50. The van der Waals surface area contributed by atoms with Crippen LogP contribution in [0.5, 0.6) is 0 Å². The van der Waals surface area contributed by atoms with E-state index in [1.54, 1.807) is 0 Å². The van der Waals surface area contributed by atoms with Gasteiger partial charge in [0.1, 0.15) is 11.2 Å². The number of fused-ring (bicyclic) bond motifs is 2. The average Bonchev–Trinajstić information content (AvgIpc) is 3.21. The van der Waals surface area contributed by atoms with Gasteiger partial charge in [0, 0.05) is 12.8 Å². The summed E-state index contributed by atoms with van der Waals surface area (Å²) in [6.45, 7) is 7.91. The van der Waals surface area contributed by atoms with Crippen molar-refractivity contribution in [1.29, 1.82) is 0 Å². The summed E-state index contributed by atoms with van der Waals surface area (Å²) >= 11 is 0. The third-order valence-electron chi connectivity index (χ3n) is 7.00. The van der Waals surface area contributed by atoms with Crippen molar-refractivity contribution in [3.63, 3.8) is 0 Å². The lowest BCUT2D eigenvalue weighted by molar-refractivity contribution is -0.174. The molecule has 6 unspecified atom stereocenters. The highest BCUT2D eigenvalue weighted by Gasteiger charge is 2.56. The maximum Gasteiger partial charge on any atom is 0.310 e. The molecule has 4 aliphatic rings. The largest absolute Gasteiger partial charge is 0.455 e. The van der Waals surface area contributed by atoms with E-state index in [1.165, 1.54) is 0 Å².